The maximum Gasteiger partial charge on any atom is 0.235 e. The first-order chi connectivity index (χ1) is 16.6. The van der Waals surface area contributed by atoms with E-state index in [1.54, 1.807) is 13.2 Å². The summed E-state index contributed by atoms with van der Waals surface area (Å²) in [6, 6.07) is 7.58. The Morgan fingerprint density at radius 1 is 1.29 bits per heavy atom. The molecule has 1 saturated heterocycles. The number of pyridine rings is 3. The van der Waals surface area contributed by atoms with Crippen molar-refractivity contribution in [3.63, 3.8) is 0 Å². The normalized spacial score (nSPS) is 18.2. The minimum atomic E-state index is -0.321. The number of fused-ring (bicyclic) bond motifs is 2. The van der Waals surface area contributed by atoms with E-state index >= 15 is 0 Å². The van der Waals surface area contributed by atoms with Gasteiger partial charge in [0.15, 0.2) is 0 Å². The molecule has 0 saturated carbocycles. The number of amides is 1. The van der Waals surface area contributed by atoms with Gasteiger partial charge in [0.2, 0.25) is 11.8 Å². The Balaban J connectivity index is 1.12. The Bertz CT molecular complexity index is 1210. The average molecular weight is 483 g/mol. The lowest BCUT2D eigenvalue weighted by atomic mass is 10.1. The lowest BCUT2D eigenvalue weighted by molar-refractivity contribution is -0.113. The highest BCUT2D eigenvalue weighted by molar-refractivity contribution is 8.00. The number of nitrogens with zero attached hydrogens (tertiary/aromatic N) is 4. The lowest BCUT2D eigenvalue weighted by Crippen LogP contribution is -2.28. The number of nitrogens with one attached hydrogen (secondary N) is 2. The average Bonchev–Trinajstić information content (AvgIpc) is 3.30. The number of carbonyl (C=O) groups excluding carboxylic acids is 1. The number of methoxy groups -OCH3 is 1. The molecule has 10 heteroatoms. The molecule has 2 aliphatic heterocycles. The van der Waals surface area contributed by atoms with Crippen LogP contribution in [0.1, 0.15) is 17.7 Å². The number of hydrogen-bond donors (Lipinski definition) is 2. The molecule has 8 nitrogen and oxygen atoms in total. The van der Waals surface area contributed by atoms with Crippen molar-refractivity contribution in [3.05, 3.63) is 47.5 Å². The van der Waals surface area contributed by atoms with Crippen LogP contribution in [0.3, 0.4) is 0 Å². The van der Waals surface area contributed by atoms with Crippen LogP contribution in [0.2, 0.25) is 0 Å². The minimum Gasteiger partial charge on any atom is -0.481 e. The number of aromatic nitrogens is 3. The van der Waals surface area contributed by atoms with Crippen LogP contribution in [-0.2, 0) is 17.8 Å². The van der Waals surface area contributed by atoms with Crippen LogP contribution in [0.4, 0.5) is 10.2 Å². The summed E-state index contributed by atoms with van der Waals surface area (Å²) in [5.41, 5.74) is 2.76. The molecule has 178 valence electrons. The first kappa shape index (κ1) is 22.9. The predicted molar refractivity (Wildman–Crippen MR) is 130 cm³/mol. The molecule has 3 aromatic rings. The molecule has 3 aromatic heterocycles. The molecule has 1 amide bonds. The fraction of sp³-hybridized carbons (Fsp3) is 0.417. The molecule has 0 bridgehead atoms. The predicted octanol–water partition coefficient (Wildman–Crippen LogP) is 2.87. The van der Waals surface area contributed by atoms with Gasteiger partial charge >= 0.3 is 0 Å². The second-order valence-electron chi connectivity index (χ2n) is 8.63. The molecule has 2 aliphatic rings. The number of carbonyl (C=O) groups is 1. The molecule has 0 radical (unpaired) electrons. The Hall–Kier alpha value is -2.82. The molecular weight excluding hydrogens is 455 g/mol. The van der Waals surface area contributed by atoms with E-state index in [-0.39, 0.29) is 11.7 Å². The Morgan fingerprint density at radius 3 is 3.09 bits per heavy atom. The van der Waals surface area contributed by atoms with Gasteiger partial charge in [-0.1, -0.05) is 0 Å². The van der Waals surface area contributed by atoms with Gasteiger partial charge in [-0.25, -0.2) is 14.4 Å². The number of thioether (sulfide) groups is 1. The topological polar surface area (TPSA) is 92.3 Å². The third kappa shape index (κ3) is 5.13. The molecule has 5 rings (SSSR count). The molecule has 0 aliphatic carbocycles. The van der Waals surface area contributed by atoms with Gasteiger partial charge in [0.1, 0.15) is 11.6 Å². The van der Waals surface area contributed by atoms with E-state index < -0.39 is 0 Å². The summed E-state index contributed by atoms with van der Waals surface area (Å²) in [6.45, 7) is 4.29. The summed E-state index contributed by atoms with van der Waals surface area (Å²) >= 11 is 1.52. The van der Waals surface area contributed by atoms with E-state index in [4.69, 9.17) is 4.74 Å². The zero-order chi connectivity index (χ0) is 23.5. The van der Waals surface area contributed by atoms with Gasteiger partial charge in [-0.3, -0.25) is 9.78 Å². The van der Waals surface area contributed by atoms with Crippen molar-refractivity contribution in [2.75, 3.05) is 44.4 Å². The fourth-order valence-corrected chi connectivity index (χ4v) is 5.24. The van der Waals surface area contributed by atoms with E-state index in [1.807, 2.05) is 18.2 Å². The van der Waals surface area contributed by atoms with Crippen molar-refractivity contribution in [2.45, 2.75) is 24.3 Å². The third-order valence-electron chi connectivity index (χ3n) is 6.27. The molecule has 5 heterocycles. The fourth-order valence-electron chi connectivity index (χ4n) is 4.49. The Morgan fingerprint density at radius 2 is 2.21 bits per heavy atom. The van der Waals surface area contributed by atoms with Gasteiger partial charge in [0, 0.05) is 31.3 Å². The lowest BCUT2D eigenvalue weighted by Gasteiger charge is -2.18. The van der Waals surface area contributed by atoms with Crippen molar-refractivity contribution in [1.29, 1.82) is 0 Å². The minimum absolute atomic E-state index is 0.00396. The monoisotopic (exact) mass is 482 g/mol. The summed E-state index contributed by atoms with van der Waals surface area (Å²) in [5.74, 6) is 1.77. The molecule has 34 heavy (non-hydrogen) atoms. The van der Waals surface area contributed by atoms with Crippen LogP contribution >= 0.6 is 11.8 Å². The molecular formula is C24H27FN6O2S. The van der Waals surface area contributed by atoms with E-state index in [9.17, 15) is 9.18 Å². The molecule has 0 spiro atoms. The summed E-state index contributed by atoms with van der Waals surface area (Å²) in [5, 5.41) is 6.34. The number of hydrogen-bond acceptors (Lipinski definition) is 8. The Labute approximate surface area is 201 Å². The highest BCUT2D eigenvalue weighted by Gasteiger charge is 2.23. The summed E-state index contributed by atoms with van der Waals surface area (Å²) in [4.78, 5) is 28.1. The van der Waals surface area contributed by atoms with Crippen molar-refractivity contribution in [1.82, 2.24) is 25.2 Å². The highest BCUT2D eigenvalue weighted by Crippen LogP contribution is 2.29. The van der Waals surface area contributed by atoms with E-state index in [2.05, 4.69) is 30.5 Å². The van der Waals surface area contributed by atoms with E-state index in [1.165, 1.54) is 18.0 Å². The number of halogens is 1. The van der Waals surface area contributed by atoms with E-state index in [0.717, 1.165) is 43.2 Å². The van der Waals surface area contributed by atoms with Crippen LogP contribution in [-0.4, -0.2) is 64.8 Å². The van der Waals surface area contributed by atoms with Crippen molar-refractivity contribution in [3.8, 4) is 5.88 Å². The van der Waals surface area contributed by atoms with Crippen molar-refractivity contribution >= 4 is 34.5 Å². The largest absolute Gasteiger partial charge is 0.481 e. The van der Waals surface area contributed by atoms with Crippen molar-refractivity contribution in [2.24, 2.45) is 5.92 Å². The number of rotatable bonds is 8. The van der Waals surface area contributed by atoms with Crippen LogP contribution < -0.4 is 15.4 Å². The standard InChI is InChI=1S/C24H27FN6O2S/c1-33-22-5-3-19-23(30-22)17(18(25)12-27-19)7-9-31-8-6-15(13-31)10-26-11-16-2-4-20-24(28-16)29-21(32)14-34-20/h2-5,12,15,26H,6-11,13-14H2,1H3,(H,28,29,32). The van der Waals surface area contributed by atoms with Crippen LogP contribution in [0, 0.1) is 11.7 Å². The van der Waals surface area contributed by atoms with Gasteiger partial charge in [-0.05, 0) is 50.0 Å². The quantitative estimate of drug-likeness (QED) is 0.507. The van der Waals surface area contributed by atoms with Crippen molar-refractivity contribution < 1.29 is 13.9 Å². The first-order valence-electron chi connectivity index (χ1n) is 11.4. The second-order valence-corrected chi connectivity index (χ2v) is 9.65. The summed E-state index contributed by atoms with van der Waals surface area (Å²) in [6.07, 6.45) is 2.96. The summed E-state index contributed by atoms with van der Waals surface area (Å²) in [7, 11) is 1.55. The first-order valence-corrected chi connectivity index (χ1v) is 12.4. The van der Waals surface area contributed by atoms with Crippen LogP contribution in [0.25, 0.3) is 11.0 Å². The number of ether oxygens (including phenoxy) is 1. The van der Waals surface area contributed by atoms with Gasteiger partial charge in [-0.15, -0.1) is 11.8 Å². The highest BCUT2D eigenvalue weighted by atomic mass is 32.2. The molecule has 0 aromatic carbocycles. The number of anilines is 1. The molecule has 1 unspecified atom stereocenters. The molecule has 1 atom stereocenters. The van der Waals surface area contributed by atoms with Gasteiger partial charge in [0.05, 0.1) is 40.7 Å². The molecule has 2 N–H and O–H groups in total. The maximum atomic E-state index is 14.6. The van der Waals surface area contributed by atoms with Gasteiger partial charge in [-0.2, -0.15) is 0 Å². The molecule has 1 fully saturated rings. The number of likely N-dealkylation sites (tertiary alicyclic amines) is 1. The van der Waals surface area contributed by atoms with Gasteiger partial charge in [0.25, 0.3) is 0 Å². The van der Waals surface area contributed by atoms with Gasteiger partial charge < -0.3 is 20.3 Å². The SMILES string of the molecule is COc1ccc2ncc(F)c(CCN3CCC(CNCc4ccc5c(n4)NC(=O)CS5)C3)c2n1. The zero-order valence-corrected chi connectivity index (χ0v) is 19.8. The second kappa shape index (κ2) is 10.2. The van der Waals surface area contributed by atoms with Crippen LogP contribution in [0.15, 0.2) is 35.4 Å². The smallest absolute Gasteiger partial charge is 0.235 e. The van der Waals surface area contributed by atoms with E-state index in [0.29, 0.717) is 52.9 Å². The van der Waals surface area contributed by atoms with Crippen LogP contribution in [0.5, 0.6) is 5.88 Å². The third-order valence-corrected chi connectivity index (χ3v) is 7.32. The summed E-state index contributed by atoms with van der Waals surface area (Å²) < 4.78 is 19.8. The Kier molecular flexibility index (Phi) is 6.89. The zero-order valence-electron chi connectivity index (χ0n) is 19.0. The maximum absolute atomic E-state index is 14.6.